The number of aliphatic hydroxyl groups is 1. The lowest BCUT2D eigenvalue weighted by Crippen LogP contribution is -2.36. The van der Waals surface area contributed by atoms with Crippen molar-refractivity contribution < 1.29 is 9.50 Å². The number of halogens is 2. The lowest BCUT2D eigenvalue weighted by Gasteiger charge is -2.29. The molecule has 88 valence electrons. The number of nitrogens with one attached hydrogen (secondary N) is 1. The van der Waals surface area contributed by atoms with Crippen LogP contribution in [0.5, 0.6) is 0 Å². The molecule has 16 heavy (non-hydrogen) atoms. The molecule has 1 aromatic rings. The van der Waals surface area contributed by atoms with Crippen molar-refractivity contribution in [2.45, 2.75) is 37.8 Å². The highest BCUT2D eigenvalue weighted by Crippen LogP contribution is 2.24. The average molecular weight is 288 g/mol. The molecule has 2 N–H and O–H groups in total. The van der Waals surface area contributed by atoms with Gasteiger partial charge in [0.05, 0.1) is 16.6 Å². The molecule has 2 rings (SSSR count). The van der Waals surface area contributed by atoms with E-state index in [1.165, 1.54) is 6.07 Å². The van der Waals surface area contributed by atoms with E-state index < -0.39 is 0 Å². The summed E-state index contributed by atoms with van der Waals surface area (Å²) < 4.78 is 13.7. The summed E-state index contributed by atoms with van der Waals surface area (Å²) in [5.41, 5.74) is 0.728. The van der Waals surface area contributed by atoms with Gasteiger partial charge < -0.3 is 10.4 Å². The first-order valence-corrected chi connectivity index (χ1v) is 6.36. The molecule has 4 heteroatoms. The van der Waals surface area contributed by atoms with E-state index in [-0.39, 0.29) is 18.0 Å². The Morgan fingerprint density at radius 3 is 2.75 bits per heavy atom. The third-order valence-corrected chi connectivity index (χ3v) is 3.64. The largest absolute Gasteiger partial charge is 0.391 e. The molecule has 1 saturated carbocycles. The van der Waals surface area contributed by atoms with Crippen LogP contribution in [0.25, 0.3) is 0 Å². The Kier molecular flexibility index (Phi) is 3.82. The number of rotatable bonds is 2. The SMILES string of the molecule is O[C@@H]1CCCC[C@H]1Nc1ccc(Br)c(F)c1. The van der Waals surface area contributed by atoms with Crippen molar-refractivity contribution >= 4 is 21.6 Å². The Morgan fingerprint density at radius 2 is 2.06 bits per heavy atom. The lowest BCUT2D eigenvalue weighted by molar-refractivity contribution is 0.116. The van der Waals surface area contributed by atoms with Crippen LogP contribution in [0.3, 0.4) is 0 Å². The molecule has 0 heterocycles. The molecule has 0 bridgehead atoms. The average Bonchev–Trinajstić information content (AvgIpc) is 2.27. The van der Waals surface area contributed by atoms with Crippen LogP contribution in [0.15, 0.2) is 22.7 Å². The normalized spacial score (nSPS) is 25.4. The van der Waals surface area contributed by atoms with Gasteiger partial charge in [-0.05, 0) is 47.0 Å². The number of benzene rings is 1. The first-order valence-electron chi connectivity index (χ1n) is 5.56. The number of anilines is 1. The molecule has 0 saturated heterocycles. The molecule has 2 nitrogen and oxygen atoms in total. The van der Waals surface area contributed by atoms with Gasteiger partial charge in [0.25, 0.3) is 0 Å². The van der Waals surface area contributed by atoms with Gasteiger partial charge in [-0.2, -0.15) is 0 Å². The first kappa shape index (κ1) is 11.9. The third-order valence-electron chi connectivity index (χ3n) is 3.00. The fraction of sp³-hybridized carbons (Fsp3) is 0.500. The highest BCUT2D eigenvalue weighted by atomic mass is 79.9. The van der Waals surface area contributed by atoms with E-state index in [0.717, 1.165) is 31.4 Å². The second kappa shape index (κ2) is 5.15. The molecule has 0 amide bonds. The summed E-state index contributed by atoms with van der Waals surface area (Å²) in [6, 6.07) is 4.99. The highest BCUT2D eigenvalue weighted by Gasteiger charge is 2.22. The predicted molar refractivity (Wildman–Crippen MR) is 66.0 cm³/mol. The van der Waals surface area contributed by atoms with E-state index in [2.05, 4.69) is 21.2 Å². The minimum atomic E-state index is -0.319. The topological polar surface area (TPSA) is 32.3 Å². The molecular formula is C12H15BrFNO. The summed E-state index contributed by atoms with van der Waals surface area (Å²) in [5, 5.41) is 13.0. The molecular weight excluding hydrogens is 273 g/mol. The maximum absolute atomic E-state index is 13.3. The van der Waals surface area contributed by atoms with E-state index in [1.807, 2.05) is 6.07 Å². The maximum atomic E-state index is 13.3. The Bertz CT molecular complexity index is 372. The Labute approximate surface area is 103 Å². The zero-order chi connectivity index (χ0) is 11.5. The van der Waals surface area contributed by atoms with Crippen molar-refractivity contribution in [3.63, 3.8) is 0 Å². The van der Waals surface area contributed by atoms with E-state index >= 15 is 0 Å². The van der Waals surface area contributed by atoms with Crippen LogP contribution >= 0.6 is 15.9 Å². The minimum absolute atomic E-state index is 0.0503. The van der Waals surface area contributed by atoms with Gasteiger partial charge in [0.1, 0.15) is 5.82 Å². The summed E-state index contributed by atoms with van der Waals surface area (Å²) >= 11 is 3.11. The number of aliphatic hydroxyl groups excluding tert-OH is 1. The zero-order valence-electron chi connectivity index (χ0n) is 8.92. The molecule has 1 aromatic carbocycles. The van der Waals surface area contributed by atoms with Crippen molar-refractivity contribution in [1.29, 1.82) is 0 Å². The van der Waals surface area contributed by atoms with Crippen LogP contribution in [-0.4, -0.2) is 17.3 Å². The molecule has 2 atom stereocenters. The van der Waals surface area contributed by atoms with Gasteiger partial charge in [-0.3, -0.25) is 0 Å². The van der Waals surface area contributed by atoms with Crippen LogP contribution in [0.4, 0.5) is 10.1 Å². The molecule has 0 radical (unpaired) electrons. The quantitative estimate of drug-likeness (QED) is 0.875. The molecule has 0 aliphatic heterocycles. The summed E-state index contributed by atoms with van der Waals surface area (Å²) in [7, 11) is 0. The van der Waals surface area contributed by atoms with Crippen LogP contribution < -0.4 is 5.32 Å². The van der Waals surface area contributed by atoms with E-state index in [1.54, 1.807) is 6.07 Å². The van der Waals surface area contributed by atoms with Gasteiger partial charge in [0.2, 0.25) is 0 Å². The first-order chi connectivity index (χ1) is 7.66. The summed E-state index contributed by atoms with van der Waals surface area (Å²) in [4.78, 5) is 0. The monoisotopic (exact) mass is 287 g/mol. The van der Waals surface area contributed by atoms with Gasteiger partial charge in [0.15, 0.2) is 0 Å². The Balaban J connectivity index is 2.05. The smallest absolute Gasteiger partial charge is 0.139 e. The van der Waals surface area contributed by atoms with Gasteiger partial charge in [-0.1, -0.05) is 12.8 Å². The van der Waals surface area contributed by atoms with Crippen molar-refractivity contribution in [3.05, 3.63) is 28.5 Å². The molecule has 0 spiro atoms. The Morgan fingerprint density at radius 1 is 1.31 bits per heavy atom. The van der Waals surface area contributed by atoms with E-state index in [0.29, 0.717) is 4.47 Å². The molecule has 1 fully saturated rings. The molecule has 1 aliphatic carbocycles. The van der Waals surface area contributed by atoms with E-state index in [4.69, 9.17) is 0 Å². The Hall–Kier alpha value is -0.610. The lowest BCUT2D eigenvalue weighted by atomic mass is 9.92. The molecule has 0 aromatic heterocycles. The van der Waals surface area contributed by atoms with Gasteiger partial charge in [0, 0.05) is 5.69 Å². The minimum Gasteiger partial charge on any atom is -0.391 e. The molecule has 0 unspecified atom stereocenters. The van der Waals surface area contributed by atoms with Crippen LogP contribution in [0, 0.1) is 5.82 Å². The van der Waals surface area contributed by atoms with E-state index in [9.17, 15) is 9.50 Å². The number of hydrogen-bond acceptors (Lipinski definition) is 2. The summed E-state index contributed by atoms with van der Waals surface area (Å²) in [5.74, 6) is -0.282. The van der Waals surface area contributed by atoms with Crippen molar-refractivity contribution in [3.8, 4) is 0 Å². The second-order valence-electron chi connectivity index (χ2n) is 4.23. The fourth-order valence-electron chi connectivity index (χ4n) is 2.08. The summed E-state index contributed by atoms with van der Waals surface area (Å²) in [6.45, 7) is 0. The standard InChI is InChI=1S/C12H15BrFNO/c13-9-6-5-8(7-10(9)14)15-11-3-1-2-4-12(11)16/h5-7,11-12,15-16H,1-4H2/t11-,12-/m1/s1. The van der Waals surface area contributed by atoms with Crippen LogP contribution in [-0.2, 0) is 0 Å². The zero-order valence-corrected chi connectivity index (χ0v) is 10.5. The third kappa shape index (κ3) is 2.74. The maximum Gasteiger partial charge on any atom is 0.139 e. The van der Waals surface area contributed by atoms with Crippen molar-refractivity contribution in [2.75, 3.05) is 5.32 Å². The van der Waals surface area contributed by atoms with Crippen LogP contribution in [0.1, 0.15) is 25.7 Å². The van der Waals surface area contributed by atoms with Crippen molar-refractivity contribution in [2.24, 2.45) is 0 Å². The van der Waals surface area contributed by atoms with Crippen LogP contribution in [0.2, 0.25) is 0 Å². The second-order valence-corrected chi connectivity index (χ2v) is 5.09. The highest BCUT2D eigenvalue weighted by molar-refractivity contribution is 9.10. The predicted octanol–water partition coefficient (Wildman–Crippen LogP) is 3.30. The van der Waals surface area contributed by atoms with Gasteiger partial charge in [-0.15, -0.1) is 0 Å². The fourth-order valence-corrected chi connectivity index (χ4v) is 2.33. The number of hydrogen-bond donors (Lipinski definition) is 2. The van der Waals surface area contributed by atoms with Gasteiger partial charge in [-0.25, -0.2) is 4.39 Å². The molecule has 1 aliphatic rings. The van der Waals surface area contributed by atoms with Crippen molar-refractivity contribution in [1.82, 2.24) is 0 Å². The summed E-state index contributed by atoms with van der Waals surface area (Å²) in [6.07, 6.45) is 3.65. The van der Waals surface area contributed by atoms with Gasteiger partial charge >= 0.3 is 0 Å².